The van der Waals surface area contributed by atoms with Gasteiger partial charge in [-0.05, 0) is 89.8 Å². The van der Waals surface area contributed by atoms with E-state index >= 15 is 0 Å². The quantitative estimate of drug-likeness (QED) is 0.116. The molecule has 0 unspecified atom stereocenters. The molecular weight excluding hydrogens is 872 g/mol. The smallest absolute Gasteiger partial charge is 0.545 e. The molecule has 0 bridgehead atoms. The zero-order valence-corrected chi connectivity index (χ0v) is 40.7. The van der Waals surface area contributed by atoms with Gasteiger partial charge in [0, 0.05) is 58.3 Å². The largest absolute Gasteiger partial charge is 1.00 e. The first-order valence-electron chi connectivity index (χ1n) is 23.0. The van der Waals surface area contributed by atoms with Crippen LogP contribution in [0, 0.1) is 0 Å². The van der Waals surface area contributed by atoms with Crippen LogP contribution < -0.4 is 34.7 Å². The van der Waals surface area contributed by atoms with Crippen molar-refractivity contribution in [2.75, 3.05) is 0 Å². The molecule has 4 aromatic carbocycles. The van der Waals surface area contributed by atoms with E-state index < -0.39 is 5.97 Å². The van der Waals surface area contributed by atoms with Gasteiger partial charge in [0.25, 0.3) is 0 Å². The average molecular weight is 919 g/mol. The number of fused-ring (bicyclic) bond motifs is 4. The topological polar surface area (TPSA) is 182 Å². The van der Waals surface area contributed by atoms with Gasteiger partial charge in [-0.1, -0.05) is 99.5 Å². The number of carbonyl (C=O) groups is 1. The Labute approximate surface area is 420 Å². The molecule has 0 amide bonds. The molecule has 0 atom stereocenters. The van der Waals surface area contributed by atoms with Gasteiger partial charge in [0.1, 0.15) is 22.7 Å². The summed E-state index contributed by atoms with van der Waals surface area (Å²) in [4.78, 5) is 40.0. The number of aryl methyl sites for hydroxylation is 2. The molecule has 11 aromatic rings. The molecule has 0 aliphatic rings. The van der Waals surface area contributed by atoms with Gasteiger partial charge in [-0.25, -0.2) is 29.9 Å². The van der Waals surface area contributed by atoms with Crippen molar-refractivity contribution in [3.8, 4) is 33.9 Å². The second-order valence-corrected chi connectivity index (χ2v) is 16.7. The molecule has 7 heterocycles. The molecule has 0 spiro atoms. The number of aromatic nitrogens is 12. The Morgan fingerprint density at radius 1 is 0.565 bits per heavy atom. The second kappa shape index (κ2) is 21.2. The van der Waals surface area contributed by atoms with Gasteiger partial charge in [0.05, 0.1) is 41.5 Å². The first-order chi connectivity index (χ1) is 33.4. The Balaban J connectivity index is 0.000000170. The minimum Gasteiger partial charge on any atom is -0.545 e. The predicted octanol–water partition coefficient (Wildman–Crippen LogP) is 6.62. The van der Waals surface area contributed by atoms with Gasteiger partial charge in [-0.3, -0.25) is 0 Å². The number of tetrazole rings is 1. The summed E-state index contributed by atoms with van der Waals surface area (Å²) < 4.78 is 4.44. The maximum atomic E-state index is 11.5. The van der Waals surface area contributed by atoms with Crippen molar-refractivity contribution in [1.29, 1.82) is 0 Å². The first kappa shape index (κ1) is 46.6. The molecule has 11 rings (SSSR count). The van der Waals surface area contributed by atoms with Crippen LogP contribution >= 0.6 is 0 Å². The monoisotopic (exact) mass is 918 g/mol. The Morgan fingerprint density at radius 2 is 1.09 bits per heavy atom. The molecule has 336 valence electrons. The molecule has 69 heavy (non-hydrogen) atoms. The van der Waals surface area contributed by atoms with Gasteiger partial charge in [-0.15, -0.1) is 10.2 Å². The first-order valence-corrected chi connectivity index (χ1v) is 23.0. The third-order valence-corrected chi connectivity index (χ3v) is 12.1. The number of pyridine rings is 4. The number of rotatable bonds is 14. The van der Waals surface area contributed by atoms with E-state index in [1.54, 1.807) is 30.5 Å². The Morgan fingerprint density at radius 3 is 1.61 bits per heavy atom. The van der Waals surface area contributed by atoms with Crippen molar-refractivity contribution in [3.05, 3.63) is 174 Å². The summed E-state index contributed by atoms with van der Waals surface area (Å²) in [7, 11) is 0. The van der Waals surface area contributed by atoms with Crippen LogP contribution in [-0.2, 0) is 25.9 Å². The number of nitrogens with zero attached hydrogens (tertiary/aromatic N) is 11. The maximum absolute atomic E-state index is 11.5. The number of carboxylic acid groups (broad SMARTS) is 1. The summed E-state index contributed by atoms with van der Waals surface area (Å²) in [5, 5.41) is 28.1. The molecule has 15 heteroatoms. The van der Waals surface area contributed by atoms with Gasteiger partial charge in [-0.2, -0.15) is 5.21 Å². The molecule has 0 saturated carbocycles. The molecule has 0 saturated heterocycles. The summed E-state index contributed by atoms with van der Waals surface area (Å²) in [6.07, 6.45) is 9.95. The number of hydrogen-bond acceptors (Lipinski definition) is 11. The van der Waals surface area contributed by atoms with Crippen LogP contribution in [0.2, 0.25) is 0 Å². The van der Waals surface area contributed by atoms with Gasteiger partial charge >= 0.3 is 29.6 Å². The molecule has 14 nitrogen and oxygen atoms in total. The van der Waals surface area contributed by atoms with Gasteiger partial charge in [0.15, 0.2) is 11.3 Å². The molecular formula is C54H47N12NaO2. The summed E-state index contributed by atoms with van der Waals surface area (Å²) in [5.41, 5.74) is 11.8. The van der Waals surface area contributed by atoms with Crippen LogP contribution in [-0.4, -0.2) is 65.6 Å². The van der Waals surface area contributed by atoms with Crippen LogP contribution in [0.25, 0.3) is 78.0 Å². The fourth-order valence-electron chi connectivity index (χ4n) is 8.67. The van der Waals surface area contributed by atoms with Crippen LogP contribution in [0.3, 0.4) is 0 Å². The summed E-state index contributed by atoms with van der Waals surface area (Å²) >= 11 is 0. The van der Waals surface area contributed by atoms with Gasteiger partial charge < -0.3 is 19.0 Å². The van der Waals surface area contributed by atoms with Crippen molar-refractivity contribution >= 4 is 50.1 Å². The van der Waals surface area contributed by atoms with Crippen molar-refractivity contribution in [1.82, 2.24) is 59.7 Å². The Hall–Kier alpha value is -7.52. The van der Waals surface area contributed by atoms with E-state index in [0.717, 1.165) is 123 Å². The number of nitrogens with one attached hydrogen (secondary N) is 1. The normalized spacial score (nSPS) is 11.2. The van der Waals surface area contributed by atoms with E-state index in [4.69, 9.17) is 19.9 Å². The van der Waals surface area contributed by atoms with Crippen LogP contribution in [0.1, 0.15) is 72.7 Å². The van der Waals surface area contributed by atoms with E-state index in [0.29, 0.717) is 23.6 Å². The van der Waals surface area contributed by atoms with E-state index in [-0.39, 0.29) is 35.1 Å². The molecule has 0 fully saturated rings. The molecule has 1 N–H and O–H groups in total. The Kier molecular flexibility index (Phi) is 14.3. The minimum absolute atomic E-state index is 0. The number of aromatic amines is 1. The van der Waals surface area contributed by atoms with E-state index in [9.17, 15) is 9.90 Å². The summed E-state index contributed by atoms with van der Waals surface area (Å²) in [6.45, 7) is 5.79. The van der Waals surface area contributed by atoms with E-state index in [1.165, 1.54) is 5.56 Å². The standard InChI is InChI=1S/C27H24N8.C27H24N4O2.Na/c1-2-3-10-25-30-24-9-6-15-28-27(24)35(25)17-18-11-13-22-19(16-18)12-14-23(29-22)20-7-4-5-8-21(20)26-31-33-34-32-26;1-2-3-10-25-30-24-9-6-15-28-26(24)31(25)17-18-11-13-22-19(16-18)12-14-23(29-22)20-7-4-5-8-21(20)27(32)33;/h4-9,11-16H,2-3,10,17H2,1H3,(H,31,32,33,34);4-9,11-16H,2-3,10,17H2,1H3,(H,32,33);/q;;+1/p-1. The van der Waals surface area contributed by atoms with E-state index in [2.05, 4.69) is 90.0 Å². The number of hydrogen-bond donors (Lipinski definition) is 1. The number of H-pyrrole nitrogens is 1. The third-order valence-electron chi connectivity index (χ3n) is 12.1. The number of unbranched alkanes of at least 4 members (excludes halogenated alkanes) is 2. The SMILES string of the molecule is CCCCc1nc2cccnc2n1Cc1ccc2nc(-c3ccccc3-c3nn[nH]n3)ccc2c1.CCCCc1nc2cccnc2n1Cc1ccc2nc(-c3ccccc3C(=O)[O-])ccc2c1.[Na+]. The van der Waals surface area contributed by atoms with Crippen LogP contribution in [0.4, 0.5) is 0 Å². The number of carboxylic acids is 1. The minimum atomic E-state index is -1.21. The predicted molar refractivity (Wildman–Crippen MR) is 262 cm³/mol. The molecule has 0 aliphatic heterocycles. The van der Waals surface area contributed by atoms with Crippen molar-refractivity contribution in [3.63, 3.8) is 0 Å². The fourth-order valence-corrected chi connectivity index (χ4v) is 8.67. The Bertz CT molecular complexity index is 3570. The summed E-state index contributed by atoms with van der Waals surface area (Å²) in [6, 6.07) is 43.2. The number of imidazole rings is 2. The number of carbonyl (C=O) groups excluding carboxylic acids is 1. The molecule has 0 aliphatic carbocycles. The zero-order valence-electron chi connectivity index (χ0n) is 38.7. The fraction of sp³-hybridized carbons (Fsp3) is 0.185. The van der Waals surface area contributed by atoms with Crippen LogP contribution in [0.15, 0.2) is 146 Å². The van der Waals surface area contributed by atoms with Crippen molar-refractivity contribution < 1.29 is 39.5 Å². The van der Waals surface area contributed by atoms with E-state index in [1.807, 2.05) is 79.0 Å². The third kappa shape index (κ3) is 10.0. The van der Waals surface area contributed by atoms with Gasteiger partial charge in [0.2, 0.25) is 5.82 Å². The maximum Gasteiger partial charge on any atom is 1.00 e. The molecule has 0 radical (unpaired) electrons. The summed E-state index contributed by atoms with van der Waals surface area (Å²) in [5.74, 6) is 1.49. The number of benzene rings is 4. The second-order valence-electron chi connectivity index (χ2n) is 16.7. The van der Waals surface area contributed by atoms with Crippen molar-refractivity contribution in [2.45, 2.75) is 65.5 Å². The average Bonchev–Trinajstić information content (AvgIpc) is 4.13. The number of aromatic carboxylic acids is 1. The van der Waals surface area contributed by atoms with Crippen molar-refractivity contribution in [2.24, 2.45) is 0 Å². The molecule has 7 aromatic heterocycles. The van der Waals surface area contributed by atoms with Crippen LogP contribution in [0.5, 0.6) is 0 Å². The zero-order chi connectivity index (χ0) is 46.4.